The summed E-state index contributed by atoms with van der Waals surface area (Å²) in [5.41, 5.74) is 11.0. The van der Waals surface area contributed by atoms with Crippen molar-refractivity contribution in [2.45, 2.75) is 84.5 Å². The third-order valence-electron chi connectivity index (χ3n) is 8.44. The second-order valence-corrected chi connectivity index (χ2v) is 13.3. The van der Waals surface area contributed by atoms with Gasteiger partial charge in [0, 0.05) is 42.7 Å². The van der Waals surface area contributed by atoms with Crippen LogP contribution in [0.1, 0.15) is 81.2 Å². The van der Waals surface area contributed by atoms with E-state index in [9.17, 15) is 9.59 Å². The Morgan fingerprint density at radius 1 is 1.14 bits per heavy atom. The standard InChI is InChI=1S/C33H43N7O4/c1-19(35-32(42)44-33(3,4)5)25-12-11-22-14-26(39(30(22)36-25)17-21-9-10-21)29-20(2)40-27(37-29)15-23(16-28(40)43-6)31(41)38-13-7-8-24(34)18-38/h11-12,14-16,19,21,24H,7-10,13,17-18,34H2,1-6H3,(H,35,42)/t19-,24-/m1/s1. The van der Waals surface area contributed by atoms with Crippen LogP contribution in [-0.2, 0) is 11.3 Å². The van der Waals surface area contributed by atoms with Crippen LogP contribution in [0.25, 0.3) is 28.1 Å². The fourth-order valence-electron chi connectivity index (χ4n) is 6.05. The fourth-order valence-corrected chi connectivity index (χ4v) is 6.05. The Kier molecular flexibility index (Phi) is 7.77. The third kappa shape index (κ3) is 5.97. The van der Waals surface area contributed by atoms with E-state index in [0.29, 0.717) is 36.1 Å². The van der Waals surface area contributed by atoms with Gasteiger partial charge in [0.25, 0.3) is 5.91 Å². The average Bonchev–Trinajstić information content (AvgIpc) is 3.64. The number of aromatic nitrogens is 4. The molecule has 2 aliphatic rings. The number of likely N-dealkylation sites (tertiary alicyclic amines) is 1. The zero-order chi connectivity index (χ0) is 31.3. The second-order valence-electron chi connectivity index (χ2n) is 13.3. The van der Waals surface area contributed by atoms with Gasteiger partial charge in [-0.05, 0) is 90.5 Å². The monoisotopic (exact) mass is 601 g/mol. The van der Waals surface area contributed by atoms with Crippen LogP contribution in [0.2, 0.25) is 0 Å². The van der Waals surface area contributed by atoms with Crippen molar-refractivity contribution in [3.05, 3.63) is 47.3 Å². The molecule has 0 unspecified atom stereocenters. The van der Waals surface area contributed by atoms with Crippen LogP contribution in [-0.4, -0.2) is 67.7 Å². The SMILES string of the molecule is COc1cc(C(=O)N2CCC[C@@H](N)C2)cc2nc(-c3cc4ccc([C@@H](C)NC(=O)OC(C)(C)C)nc4n3CC3CC3)c(C)n12. The van der Waals surface area contributed by atoms with Gasteiger partial charge in [0.05, 0.1) is 30.2 Å². The van der Waals surface area contributed by atoms with Crippen molar-refractivity contribution in [2.24, 2.45) is 11.7 Å². The molecule has 4 aromatic heterocycles. The molecule has 5 heterocycles. The zero-order valence-electron chi connectivity index (χ0n) is 26.5. The summed E-state index contributed by atoms with van der Waals surface area (Å²) < 4.78 is 15.4. The van der Waals surface area contributed by atoms with E-state index in [1.54, 1.807) is 13.2 Å². The number of alkyl carbamates (subject to hydrolysis) is 1. The molecular formula is C33H43N7O4. The van der Waals surface area contributed by atoms with Gasteiger partial charge >= 0.3 is 6.09 Å². The number of nitrogens with two attached hydrogens (primary N) is 1. The first-order chi connectivity index (χ1) is 20.9. The Bertz CT molecular complexity index is 1730. The molecule has 44 heavy (non-hydrogen) atoms. The fraction of sp³-hybridized carbons (Fsp3) is 0.515. The molecule has 0 aromatic carbocycles. The summed E-state index contributed by atoms with van der Waals surface area (Å²) >= 11 is 0. The summed E-state index contributed by atoms with van der Waals surface area (Å²) in [6.07, 6.45) is 3.71. The number of methoxy groups -OCH3 is 1. The van der Waals surface area contributed by atoms with Crippen molar-refractivity contribution in [2.75, 3.05) is 20.2 Å². The van der Waals surface area contributed by atoms with E-state index in [1.165, 1.54) is 12.8 Å². The summed E-state index contributed by atoms with van der Waals surface area (Å²) in [6, 6.07) is 9.41. The van der Waals surface area contributed by atoms with Gasteiger partial charge in [-0.2, -0.15) is 0 Å². The van der Waals surface area contributed by atoms with E-state index in [-0.39, 0.29) is 18.0 Å². The van der Waals surface area contributed by atoms with Crippen LogP contribution in [0.4, 0.5) is 4.79 Å². The highest BCUT2D eigenvalue weighted by Gasteiger charge is 2.28. The molecule has 1 saturated heterocycles. The summed E-state index contributed by atoms with van der Waals surface area (Å²) in [6.45, 7) is 11.5. The molecular weight excluding hydrogens is 558 g/mol. The van der Waals surface area contributed by atoms with E-state index >= 15 is 0 Å². The van der Waals surface area contributed by atoms with Crippen LogP contribution < -0.4 is 15.8 Å². The predicted octanol–water partition coefficient (Wildman–Crippen LogP) is 5.23. The first-order valence-electron chi connectivity index (χ1n) is 15.5. The molecule has 6 rings (SSSR count). The topological polar surface area (TPSA) is 129 Å². The number of rotatable bonds is 7. The summed E-state index contributed by atoms with van der Waals surface area (Å²) in [7, 11) is 1.61. The Labute approximate surface area is 257 Å². The number of imidazole rings is 1. The number of aryl methyl sites for hydroxylation is 1. The highest BCUT2D eigenvalue weighted by Crippen LogP contribution is 2.37. The van der Waals surface area contributed by atoms with Crippen LogP contribution in [0, 0.1) is 12.8 Å². The van der Waals surface area contributed by atoms with E-state index < -0.39 is 11.7 Å². The number of pyridine rings is 2. The summed E-state index contributed by atoms with van der Waals surface area (Å²) in [4.78, 5) is 37.9. The largest absolute Gasteiger partial charge is 0.482 e. The number of amides is 2. The highest BCUT2D eigenvalue weighted by atomic mass is 16.6. The number of hydrogen-bond donors (Lipinski definition) is 2. The van der Waals surface area contributed by atoms with Crippen LogP contribution >= 0.6 is 0 Å². The maximum absolute atomic E-state index is 13.5. The molecule has 234 valence electrons. The summed E-state index contributed by atoms with van der Waals surface area (Å²) in [5, 5.41) is 3.90. The minimum Gasteiger partial charge on any atom is -0.482 e. The van der Waals surface area contributed by atoms with Crippen LogP contribution in [0.3, 0.4) is 0 Å². The third-order valence-corrected chi connectivity index (χ3v) is 8.44. The van der Waals surface area contributed by atoms with E-state index in [2.05, 4.69) is 16.0 Å². The lowest BCUT2D eigenvalue weighted by Gasteiger charge is -2.30. The molecule has 2 atom stereocenters. The second kappa shape index (κ2) is 11.4. The Morgan fingerprint density at radius 3 is 2.59 bits per heavy atom. The molecule has 4 aromatic rings. The molecule has 3 N–H and O–H groups in total. The Balaban J connectivity index is 1.39. The van der Waals surface area contributed by atoms with Gasteiger partial charge in [0.15, 0.2) is 5.88 Å². The van der Waals surface area contributed by atoms with E-state index in [0.717, 1.165) is 53.2 Å². The maximum Gasteiger partial charge on any atom is 0.408 e. The normalized spacial score (nSPS) is 18.1. The number of nitrogens with one attached hydrogen (secondary N) is 1. The first-order valence-corrected chi connectivity index (χ1v) is 15.5. The van der Waals surface area contributed by atoms with Gasteiger partial charge < -0.3 is 30.0 Å². The molecule has 11 nitrogen and oxygen atoms in total. The van der Waals surface area contributed by atoms with Crippen molar-refractivity contribution in [3.63, 3.8) is 0 Å². The molecule has 0 spiro atoms. The number of piperidine rings is 1. The number of carbonyl (C=O) groups is 2. The summed E-state index contributed by atoms with van der Waals surface area (Å²) in [5.74, 6) is 1.08. The van der Waals surface area contributed by atoms with Crippen molar-refractivity contribution < 1.29 is 19.1 Å². The Morgan fingerprint density at radius 2 is 1.91 bits per heavy atom. The van der Waals surface area contributed by atoms with Crippen molar-refractivity contribution in [3.8, 4) is 17.3 Å². The molecule has 2 fully saturated rings. The van der Waals surface area contributed by atoms with Crippen molar-refractivity contribution in [1.29, 1.82) is 0 Å². The van der Waals surface area contributed by atoms with Crippen molar-refractivity contribution in [1.82, 2.24) is 29.2 Å². The molecule has 2 amide bonds. The minimum absolute atomic E-state index is 0.00260. The van der Waals surface area contributed by atoms with Crippen LogP contribution in [0.5, 0.6) is 5.88 Å². The lowest BCUT2D eigenvalue weighted by Crippen LogP contribution is -2.45. The van der Waals surface area contributed by atoms with Gasteiger partial charge in [-0.3, -0.25) is 9.20 Å². The van der Waals surface area contributed by atoms with Gasteiger partial charge in [-0.15, -0.1) is 0 Å². The number of carbonyl (C=O) groups excluding carboxylic acids is 2. The highest BCUT2D eigenvalue weighted by molar-refractivity contribution is 5.96. The van der Waals surface area contributed by atoms with Gasteiger partial charge in [0.2, 0.25) is 0 Å². The Hall–Kier alpha value is -4.12. The number of ether oxygens (including phenoxy) is 2. The lowest BCUT2D eigenvalue weighted by molar-refractivity contribution is 0.0506. The minimum atomic E-state index is -0.585. The molecule has 0 radical (unpaired) electrons. The number of hydrogen-bond acceptors (Lipinski definition) is 7. The number of nitrogens with zero attached hydrogens (tertiary/aromatic N) is 5. The quantitative estimate of drug-likeness (QED) is 0.297. The molecule has 1 saturated carbocycles. The smallest absolute Gasteiger partial charge is 0.408 e. The maximum atomic E-state index is 13.5. The first kappa shape index (κ1) is 29.9. The van der Waals surface area contributed by atoms with Crippen molar-refractivity contribution >= 4 is 28.7 Å². The lowest BCUT2D eigenvalue weighted by atomic mass is 10.1. The van der Waals surface area contributed by atoms with Gasteiger partial charge in [-0.25, -0.2) is 14.8 Å². The van der Waals surface area contributed by atoms with E-state index in [4.69, 9.17) is 25.2 Å². The van der Waals surface area contributed by atoms with E-state index in [1.807, 2.05) is 62.1 Å². The van der Waals surface area contributed by atoms with Gasteiger partial charge in [0.1, 0.15) is 22.6 Å². The average molecular weight is 602 g/mol. The van der Waals surface area contributed by atoms with Gasteiger partial charge in [-0.1, -0.05) is 0 Å². The molecule has 0 bridgehead atoms. The molecule has 11 heteroatoms. The zero-order valence-corrected chi connectivity index (χ0v) is 26.5. The van der Waals surface area contributed by atoms with Crippen LogP contribution in [0.15, 0.2) is 30.3 Å². The molecule has 1 aliphatic carbocycles. The predicted molar refractivity (Wildman–Crippen MR) is 169 cm³/mol. The number of fused-ring (bicyclic) bond motifs is 2. The molecule has 1 aliphatic heterocycles.